The van der Waals surface area contributed by atoms with Crippen LogP contribution in [0.5, 0.6) is 0 Å². The lowest BCUT2D eigenvalue weighted by atomic mass is 9.97. The van der Waals surface area contributed by atoms with E-state index in [4.69, 9.17) is 9.97 Å². The van der Waals surface area contributed by atoms with E-state index in [1.165, 1.54) is 28.8 Å². The Labute approximate surface area is 180 Å². The van der Waals surface area contributed by atoms with Gasteiger partial charge in [0.25, 0.3) is 0 Å². The van der Waals surface area contributed by atoms with Crippen molar-refractivity contribution in [1.29, 1.82) is 0 Å². The number of ketones is 1. The fourth-order valence-electron chi connectivity index (χ4n) is 4.10. The number of nitrogens with zero attached hydrogens (tertiary/aromatic N) is 2. The molecule has 0 unspecified atom stereocenters. The minimum absolute atomic E-state index is 0.0594. The molecule has 0 radical (unpaired) electrons. The summed E-state index contributed by atoms with van der Waals surface area (Å²) in [6, 6.07) is 18.0. The highest BCUT2D eigenvalue weighted by atomic mass is 32.1. The molecule has 0 spiro atoms. The molecule has 1 N–H and O–H groups in total. The lowest BCUT2D eigenvalue weighted by Crippen LogP contribution is -2.04. The Hall–Kier alpha value is -3.05. The highest BCUT2D eigenvalue weighted by Crippen LogP contribution is 2.39. The molecule has 0 fully saturated rings. The molecule has 4 nitrogen and oxygen atoms in total. The average molecular weight is 414 g/mol. The van der Waals surface area contributed by atoms with E-state index in [-0.39, 0.29) is 5.78 Å². The van der Waals surface area contributed by atoms with Gasteiger partial charge in [-0.3, -0.25) is 4.79 Å². The van der Waals surface area contributed by atoms with E-state index in [0.29, 0.717) is 12.0 Å². The quantitative estimate of drug-likeness (QED) is 0.401. The van der Waals surface area contributed by atoms with Gasteiger partial charge in [0.1, 0.15) is 16.5 Å². The Balaban J connectivity index is 1.61. The molecule has 150 valence electrons. The van der Waals surface area contributed by atoms with Gasteiger partial charge in [-0.05, 0) is 55.9 Å². The number of anilines is 2. The molecular formula is C25H23N3OS. The molecule has 1 aliphatic carbocycles. The zero-order chi connectivity index (χ0) is 20.5. The summed E-state index contributed by atoms with van der Waals surface area (Å²) in [4.78, 5) is 24.2. The number of aryl methyl sites for hydroxylation is 2. The second-order valence-electron chi connectivity index (χ2n) is 7.80. The molecule has 0 atom stereocenters. The Kier molecular flexibility index (Phi) is 5.05. The van der Waals surface area contributed by atoms with Crippen molar-refractivity contribution in [2.45, 2.75) is 39.0 Å². The number of hydrogen-bond donors (Lipinski definition) is 1. The highest BCUT2D eigenvalue weighted by Gasteiger charge is 2.21. The zero-order valence-electron chi connectivity index (χ0n) is 16.9. The Bertz CT molecular complexity index is 1230. The number of fused-ring (bicyclic) bond motifs is 3. The van der Waals surface area contributed by atoms with Crippen molar-refractivity contribution in [3.05, 3.63) is 82.0 Å². The van der Waals surface area contributed by atoms with Gasteiger partial charge in [-0.15, -0.1) is 11.3 Å². The molecule has 30 heavy (non-hydrogen) atoms. The predicted octanol–water partition coefficient (Wildman–Crippen LogP) is 6.11. The highest BCUT2D eigenvalue weighted by molar-refractivity contribution is 7.19. The third-order valence-corrected chi connectivity index (χ3v) is 6.78. The van der Waals surface area contributed by atoms with Crippen LogP contribution < -0.4 is 5.32 Å². The number of Topliss-reactive ketones (excluding diaryl/α,β-unsaturated/α-hetero) is 1. The van der Waals surface area contributed by atoms with Crippen LogP contribution in [-0.4, -0.2) is 15.8 Å². The summed E-state index contributed by atoms with van der Waals surface area (Å²) in [5.74, 6) is 1.73. The molecule has 4 aromatic rings. The molecule has 0 aliphatic heterocycles. The number of carbonyl (C=O) groups is 1. The lowest BCUT2D eigenvalue weighted by Gasteiger charge is -2.14. The molecular weight excluding hydrogens is 390 g/mol. The van der Waals surface area contributed by atoms with Crippen LogP contribution in [0.25, 0.3) is 10.2 Å². The van der Waals surface area contributed by atoms with Gasteiger partial charge in [0.15, 0.2) is 5.78 Å². The summed E-state index contributed by atoms with van der Waals surface area (Å²) < 4.78 is 0. The first kappa shape index (κ1) is 18.9. The summed E-state index contributed by atoms with van der Waals surface area (Å²) in [5, 5.41) is 4.66. The Morgan fingerprint density at radius 1 is 1.03 bits per heavy atom. The second-order valence-corrected chi connectivity index (χ2v) is 8.89. The molecule has 0 saturated heterocycles. The molecule has 1 aliphatic rings. The van der Waals surface area contributed by atoms with Gasteiger partial charge in [-0.1, -0.05) is 42.5 Å². The van der Waals surface area contributed by atoms with Crippen molar-refractivity contribution in [2.75, 3.05) is 5.32 Å². The minimum Gasteiger partial charge on any atom is -0.340 e. The van der Waals surface area contributed by atoms with Crippen molar-refractivity contribution >= 4 is 38.8 Å². The SMILES string of the molecule is CC(=O)c1cccc(Nc2nc(Cc3ccccc3)nc3sc4c(c23)CCCC4)c1. The molecule has 2 heterocycles. The predicted molar refractivity (Wildman–Crippen MR) is 123 cm³/mol. The van der Waals surface area contributed by atoms with E-state index in [2.05, 4.69) is 17.4 Å². The van der Waals surface area contributed by atoms with Crippen molar-refractivity contribution in [3.8, 4) is 0 Å². The van der Waals surface area contributed by atoms with E-state index in [1.807, 2.05) is 53.8 Å². The van der Waals surface area contributed by atoms with E-state index in [0.717, 1.165) is 40.4 Å². The largest absolute Gasteiger partial charge is 0.340 e. The summed E-state index contributed by atoms with van der Waals surface area (Å²) in [6.45, 7) is 1.59. The van der Waals surface area contributed by atoms with Crippen LogP contribution in [0.4, 0.5) is 11.5 Å². The zero-order valence-corrected chi connectivity index (χ0v) is 17.8. The average Bonchev–Trinajstić information content (AvgIpc) is 3.13. The van der Waals surface area contributed by atoms with E-state index >= 15 is 0 Å². The van der Waals surface area contributed by atoms with Gasteiger partial charge in [0, 0.05) is 22.5 Å². The molecule has 0 bridgehead atoms. The summed E-state index contributed by atoms with van der Waals surface area (Å²) in [7, 11) is 0. The van der Waals surface area contributed by atoms with Crippen LogP contribution in [0.15, 0.2) is 54.6 Å². The fourth-order valence-corrected chi connectivity index (χ4v) is 5.38. The van der Waals surface area contributed by atoms with Crippen LogP contribution in [0.3, 0.4) is 0 Å². The smallest absolute Gasteiger partial charge is 0.159 e. The van der Waals surface area contributed by atoms with Crippen molar-refractivity contribution in [1.82, 2.24) is 9.97 Å². The third-order valence-electron chi connectivity index (χ3n) is 5.60. The number of thiophene rings is 1. The number of aromatic nitrogens is 2. The molecule has 5 heteroatoms. The van der Waals surface area contributed by atoms with Crippen LogP contribution in [-0.2, 0) is 19.3 Å². The fraction of sp³-hybridized carbons (Fsp3) is 0.240. The maximum atomic E-state index is 11.8. The van der Waals surface area contributed by atoms with Gasteiger partial charge in [0.2, 0.25) is 0 Å². The molecule has 5 rings (SSSR count). The van der Waals surface area contributed by atoms with Crippen molar-refractivity contribution in [2.24, 2.45) is 0 Å². The first-order chi connectivity index (χ1) is 14.7. The van der Waals surface area contributed by atoms with Gasteiger partial charge >= 0.3 is 0 Å². The van der Waals surface area contributed by atoms with Gasteiger partial charge < -0.3 is 5.32 Å². The first-order valence-electron chi connectivity index (χ1n) is 10.4. The number of carbonyl (C=O) groups excluding carboxylic acids is 1. The van der Waals surface area contributed by atoms with Crippen LogP contribution in [0.2, 0.25) is 0 Å². The summed E-state index contributed by atoms with van der Waals surface area (Å²) in [5.41, 5.74) is 4.17. The monoisotopic (exact) mass is 413 g/mol. The summed E-state index contributed by atoms with van der Waals surface area (Å²) >= 11 is 1.81. The van der Waals surface area contributed by atoms with Crippen LogP contribution >= 0.6 is 11.3 Å². The standard InChI is InChI=1S/C25H23N3OS/c1-16(29)18-10-7-11-19(15-18)26-24-23-20-12-5-6-13-21(20)30-25(23)28-22(27-24)14-17-8-3-2-4-9-17/h2-4,7-11,15H,5-6,12-14H2,1H3,(H,26,27,28). The number of nitrogens with one attached hydrogen (secondary N) is 1. The lowest BCUT2D eigenvalue weighted by molar-refractivity contribution is 0.101. The summed E-state index contributed by atoms with van der Waals surface area (Å²) in [6.07, 6.45) is 5.36. The normalized spacial score (nSPS) is 13.2. The third kappa shape index (κ3) is 3.73. The number of hydrogen-bond acceptors (Lipinski definition) is 5. The maximum absolute atomic E-state index is 11.8. The van der Waals surface area contributed by atoms with Gasteiger partial charge in [-0.2, -0.15) is 0 Å². The van der Waals surface area contributed by atoms with Gasteiger partial charge in [-0.25, -0.2) is 9.97 Å². The van der Waals surface area contributed by atoms with Crippen molar-refractivity contribution in [3.63, 3.8) is 0 Å². The minimum atomic E-state index is 0.0594. The second kappa shape index (κ2) is 8.00. The molecule has 2 aromatic carbocycles. The molecule has 0 amide bonds. The Morgan fingerprint density at radius 2 is 1.87 bits per heavy atom. The molecule has 2 aromatic heterocycles. The Morgan fingerprint density at radius 3 is 2.70 bits per heavy atom. The van der Waals surface area contributed by atoms with Crippen LogP contribution in [0.1, 0.15) is 52.0 Å². The first-order valence-corrected chi connectivity index (χ1v) is 11.2. The van der Waals surface area contributed by atoms with Crippen LogP contribution in [0, 0.1) is 0 Å². The molecule has 0 saturated carbocycles. The van der Waals surface area contributed by atoms with Crippen molar-refractivity contribution < 1.29 is 4.79 Å². The number of benzene rings is 2. The van der Waals surface area contributed by atoms with E-state index in [1.54, 1.807) is 6.92 Å². The van der Waals surface area contributed by atoms with E-state index in [9.17, 15) is 4.79 Å². The topological polar surface area (TPSA) is 54.9 Å². The van der Waals surface area contributed by atoms with Gasteiger partial charge in [0.05, 0.1) is 5.39 Å². The maximum Gasteiger partial charge on any atom is 0.159 e. The van der Waals surface area contributed by atoms with E-state index < -0.39 is 0 Å². The number of rotatable bonds is 5.